The molecule has 0 spiro atoms. The molecule has 2 unspecified atom stereocenters. The van der Waals surface area contributed by atoms with Crippen LogP contribution < -0.4 is 5.32 Å². The summed E-state index contributed by atoms with van der Waals surface area (Å²) in [5, 5.41) is 3.26. The number of rotatable bonds is 9. The van der Waals surface area contributed by atoms with E-state index >= 15 is 0 Å². The van der Waals surface area contributed by atoms with Gasteiger partial charge in [0.15, 0.2) is 0 Å². The quantitative estimate of drug-likeness (QED) is 0.497. The molecule has 2 atom stereocenters. The molecule has 0 aliphatic carbocycles. The maximum atomic E-state index is 11.3. The molecule has 0 bridgehead atoms. The second-order valence-electron chi connectivity index (χ2n) is 4.85. The normalized spacial score (nSPS) is 14.7. The van der Waals surface area contributed by atoms with Crippen LogP contribution in [0.2, 0.25) is 0 Å². The van der Waals surface area contributed by atoms with Gasteiger partial charge in [-0.2, -0.15) is 0 Å². The van der Waals surface area contributed by atoms with E-state index in [2.05, 4.69) is 19.2 Å². The van der Waals surface area contributed by atoms with E-state index in [4.69, 9.17) is 9.47 Å². The smallest absolute Gasteiger partial charge is 0.309 e. The maximum absolute atomic E-state index is 11.3. The van der Waals surface area contributed by atoms with Crippen molar-refractivity contribution in [1.29, 1.82) is 0 Å². The van der Waals surface area contributed by atoms with E-state index in [1.165, 1.54) is 7.11 Å². The number of methoxy groups -OCH3 is 1. The molecule has 17 heavy (non-hydrogen) atoms. The zero-order valence-corrected chi connectivity index (χ0v) is 11.8. The average molecular weight is 245 g/mol. The molecular formula is C13H27NO3. The van der Waals surface area contributed by atoms with Crippen molar-refractivity contribution in [3.05, 3.63) is 0 Å². The van der Waals surface area contributed by atoms with Crippen molar-refractivity contribution >= 4 is 5.97 Å². The highest BCUT2D eigenvalue weighted by atomic mass is 16.5. The highest BCUT2D eigenvalue weighted by Gasteiger charge is 2.19. The van der Waals surface area contributed by atoms with E-state index in [0.717, 1.165) is 19.6 Å². The molecule has 0 aliphatic heterocycles. The minimum atomic E-state index is -0.175. The summed E-state index contributed by atoms with van der Waals surface area (Å²) in [6, 6.07) is 0.108. The zero-order chi connectivity index (χ0) is 13.3. The third-order valence-electron chi connectivity index (χ3n) is 2.88. The van der Waals surface area contributed by atoms with E-state index in [1.54, 1.807) is 0 Å². The SMILES string of the molecule is COC(=O)C(C)C(C)NCCOCCC(C)C. The molecule has 0 saturated carbocycles. The summed E-state index contributed by atoms with van der Waals surface area (Å²) in [6.45, 7) is 10.5. The van der Waals surface area contributed by atoms with E-state index in [1.807, 2.05) is 13.8 Å². The van der Waals surface area contributed by atoms with E-state index in [-0.39, 0.29) is 17.9 Å². The number of carbonyl (C=O) groups excluding carboxylic acids is 1. The van der Waals surface area contributed by atoms with E-state index in [0.29, 0.717) is 12.5 Å². The van der Waals surface area contributed by atoms with Gasteiger partial charge in [-0.1, -0.05) is 20.8 Å². The summed E-state index contributed by atoms with van der Waals surface area (Å²) in [5.41, 5.74) is 0. The second-order valence-corrected chi connectivity index (χ2v) is 4.85. The summed E-state index contributed by atoms with van der Waals surface area (Å²) in [5.74, 6) is 0.377. The minimum Gasteiger partial charge on any atom is -0.469 e. The number of ether oxygens (including phenoxy) is 2. The Morgan fingerprint density at radius 3 is 2.35 bits per heavy atom. The third-order valence-corrected chi connectivity index (χ3v) is 2.88. The third kappa shape index (κ3) is 8.16. The van der Waals surface area contributed by atoms with Gasteiger partial charge < -0.3 is 14.8 Å². The Hall–Kier alpha value is -0.610. The Morgan fingerprint density at radius 1 is 1.18 bits per heavy atom. The molecule has 0 heterocycles. The van der Waals surface area contributed by atoms with Gasteiger partial charge in [0.05, 0.1) is 19.6 Å². The van der Waals surface area contributed by atoms with Crippen LogP contribution in [-0.2, 0) is 14.3 Å². The van der Waals surface area contributed by atoms with Gasteiger partial charge in [0.25, 0.3) is 0 Å². The van der Waals surface area contributed by atoms with Gasteiger partial charge >= 0.3 is 5.97 Å². The number of hydrogen-bond donors (Lipinski definition) is 1. The summed E-state index contributed by atoms with van der Waals surface area (Å²) in [7, 11) is 1.42. The van der Waals surface area contributed by atoms with Crippen LogP contribution in [0.15, 0.2) is 0 Å². The van der Waals surface area contributed by atoms with Crippen molar-refractivity contribution in [1.82, 2.24) is 5.32 Å². The van der Waals surface area contributed by atoms with Gasteiger partial charge in [-0.05, 0) is 19.3 Å². The fourth-order valence-corrected chi connectivity index (χ4v) is 1.35. The van der Waals surface area contributed by atoms with Crippen LogP contribution in [-0.4, -0.2) is 38.9 Å². The van der Waals surface area contributed by atoms with Crippen molar-refractivity contribution in [3.8, 4) is 0 Å². The monoisotopic (exact) mass is 245 g/mol. The molecule has 4 heteroatoms. The lowest BCUT2D eigenvalue weighted by atomic mass is 10.0. The largest absolute Gasteiger partial charge is 0.469 e. The van der Waals surface area contributed by atoms with Crippen molar-refractivity contribution in [2.75, 3.05) is 26.9 Å². The Morgan fingerprint density at radius 2 is 1.82 bits per heavy atom. The lowest BCUT2D eigenvalue weighted by Crippen LogP contribution is -2.38. The zero-order valence-electron chi connectivity index (χ0n) is 11.8. The second kappa shape index (κ2) is 9.42. The summed E-state index contributed by atoms with van der Waals surface area (Å²) >= 11 is 0. The Balaban J connectivity index is 3.51. The van der Waals surface area contributed by atoms with Crippen LogP contribution in [0.3, 0.4) is 0 Å². The van der Waals surface area contributed by atoms with Crippen molar-refractivity contribution in [2.24, 2.45) is 11.8 Å². The molecule has 0 aromatic carbocycles. The van der Waals surface area contributed by atoms with Gasteiger partial charge in [-0.25, -0.2) is 0 Å². The summed E-state index contributed by atoms with van der Waals surface area (Å²) in [6.07, 6.45) is 1.09. The fourth-order valence-electron chi connectivity index (χ4n) is 1.35. The predicted molar refractivity (Wildman–Crippen MR) is 68.9 cm³/mol. The molecule has 4 nitrogen and oxygen atoms in total. The summed E-state index contributed by atoms with van der Waals surface area (Å²) < 4.78 is 10.2. The van der Waals surface area contributed by atoms with Crippen molar-refractivity contribution in [2.45, 2.75) is 40.2 Å². The molecule has 0 aromatic heterocycles. The molecule has 0 saturated heterocycles. The standard InChI is InChI=1S/C13H27NO3/c1-10(2)6-8-17-9-7-14-12(4)11(3)13(15)16-5/h10-12,14H,6-9H2,1-5H3. The van der Waals surface area contributed by atoms with Crippen molar-refractivity contribution in [3.63, 3.8) is 0 Å². The number of carbonyl (C=O) groups is 1. The van der Waals surface area contributed by atoms with Crippen LogP contribution in [0.4, 0.5) is 0 Å². The van der Waals surface area contributed by atoms with Crippen LogP contribution in [0.1, 0.15) is 34.1 Å². The fraction of sp³-hybridized carbons (Fsp3) is 0.923. The molecule has 102 valence electrons. The van der Waals surface area contributed by atoms with Crippen LogP contribution >= 0.6 is 0 Å². The lowest BCUT2D eigenvalue weighted by molar-refractivity contribution is -0.145. The van der Waals surface area contributed by atoms with Crippen LogP contribution in [0, 0.1) is 11.8 Å². The van der Waals surface area contributed by atoms with Gasteiger partial charge in [0.2, 0.25) is 0 Å². The Kier molecular flexibility index (Phi) is 9.09. The number of nitrogens with one attached hydrogen (secondary N) is 1. The van der Waals surface area contributed by atoms with Crippen molar-refractivity contribution < 1.29 is 14.3 Å². The van der Waals surface area contributed by atoms with Gasteiger partial charge in [-0.3, -0.25) is 4.79 Å². The highest BCUT2D eigenvalue weighted by molar-refractivity contribution is 5.72. The Bertz CT molecular complexity index is 207. The number of esters is 1. The average Bonchev–Trinajstić information content (AvgIpc) is 2.30. The van der Waals surface area contributed by atoms with Crippen LogP contribution in [0.5, 0.6) is 0 Å². The molecule has 0 amide bonds. The molecule has 1 N–H and O–H groups in total. The molecule has 0 radical (unpaired) electrons. The lowest BCUT2D eigenvalue weighted by Gasteiger charge is -2.19. The van der Waals surface area contributed by atoms with Gasteiger partial charge in [0.1, 0.15) is 0 Å². The van der Waals surface area contributed by atoms with Crippen LogP contribution in [0.25, 0.3) is 0 Å². The topological polar surface area (TPSA) is 47.6 Å². The maximum Gasteiger partial charge on any atom is 0.309 e. The Labute approximate surface area is 105 Å². The van der Waals surface area contributed by atoms with E-state index < -0.39 is 0 Å². The first kappa shape index (κ1) is 16.4. The molecular weight excluding hydrogens is 218 g/mol. The van der Waals surface area contributed by atoms with E-state index in [9.17, 15) is 4.79 Å². The predicted octanol–water partition coefficient (Wildman–Crippen LogP) is 1.84. The highest BCUT2D eigenvalue weighted by Crippen LogP contribution is 2.04. The molecule has 0 aliphatic rings. The first-order valence-corrected chi connectivity index (χ1v) is 6.38. The molecule has 0 aromatic rings. The van der Waals surface area contributed by atoms with Gasteiger partial charge in [-0.15, -0.1) is 0 Å². The molecule has 0 fully saturated rings. The summed E-state index contributed by atoms with van der Waals surface area (Å²) in [4.78, 5) is 11.3. The molecule has 0 rings (SSSR count). The minimum absolute atomic E-state index is 0.108. The first-order valence-electron chi connectivity index (χ1n) is 6.38. The van der Waals surface area contributed by atoms with Gasteiger partial charge in [0, 0.05) is 19.2 Å². The number of hydrogen-bond acceptors (Lipinski definition) is 4. The first-order chi connectivity index (χ1) is 7.99.